The van der Waals surface area contributed by atoms with Crippen LogP contribution in [0.3, 0.4) is 0 Å². The van der Waals surface area contributed by atoms with Crippen molar-refractivity contribution >= 4 is 11.6 Å². The smallest absolute Gasteiger partial charge is 0.166 e. The van der Waals surface area contributed by atoms with Gasteiger partial charge < -0.3 is 10.8 Å². The van der Waals surface area contributed by atoms with Crippen LogP contribution in [0, 0.1) is 5.82 Å². The molecule has 1 aromatic rings. The third-order valence-electron chi connectivity index (χ3n) is 1.90. The van der Waals surface area contributed by atoms with Crippen LogP contribution in [0.5, 0.6) is 5.75 Å². The molecule has 0 bridgehead atoms. The van der Waals surface area contributed by atoms with E-state index in [9.17, 15) is 9.50 Å². The molecule has 72 valence electrons. The molecule has 0 amide bonds. The Balaban J connectivity index is 3.20. The summed E-state index contributed by atoms with van der Waals surface area (Å²) in [6, 6.07) is 2.16. The van der Waals surface area contributed by atoms with Crippen molar-refractivity contribution < 1.29 is 9.50 Å². The van der Waals surface area contributed by atoms with E-state index in [4.69, 9.17) is 17.3 Å². The number of rotatable bonds is 2. The molecule has 0 radical (unpaired) electrons. The van der Waals surface area contributed by atoms with Crippen molar-refractivity contribution in [3.63, 3.8) is 0 Å². The topological polar surface area (TPSA) is 46.2 Å². The highest BCUT2D eigenvalue weighted by Crippen LogP contribution is 2.30. The molecule has 13 heavy (non-hydrogen) atoms. The van der Waals surface area contributed by atoms with Crippen LogP contribution in [0.25, 0.3) is 0 Å². The minimum atomic E-state index is -0.730. The van der Waals surface area contributed by atoms with Gasteiger partial charge in [-0.1, -0.05) is 18.5 Å². The van der Waals surface area contributed by atoms with Crippen LogP contribution in [0.15, 0.2) is 12.1 Å². The number of hydrogen-bond donors (Lipinski definition) is 2. The number of benzene rings is 1. The summed E-state index contributed by atoms with van der Waals surface area (Å²) in [4.78, 5) is 0. The lowest BCUT2D eigenvalue weighted by atomic mass is 10.0. The second-order valence-electron chi connectivity index (χ2n) is 2.84. The van der Waals surface area contributed by atoms with Gasteiger partial charge in [0.2, 0.25) is 0 Å². The fourth-order valence-electron chi connectivity index (χ4n) is 1.09. The Hall–Kier alpha value is -0.800. The van der Waals surface area contributed by atoms with E-state index in [0.717, 1.165) is 6.07 Å². The van der Waals surface area contributed by atoms with Crippen molar-refractivity contribution in [2.45, 2.75) is 19.4 Å². The van der Waals surface area contributed by atoms with E-state index in [1.807, 2.05) is 6.92 Å². The SMILES string of the molecule is CC[C@@H](N)c1cc(Cl)cc(F)c1O. The van der Waals surface area contributed by atoms with E-state index in [0.29, 0.717) is 12.0 Å². The molecule has 0 fully saturated rings. The molecule has 0 aromatic heterocycles. The highest BCUT2D eigenvalue weighted by molar-refractivity contribution is 6.30. The Labute approximate surface area is 81.1 Å². The van der Waals surface area contributed by atoms with Gasteiger partial charge in [0.15, 0.2) is 11.6 Å². The monoisotopic (exact) mass is 203 g/mol. The van der Waals surface area contributed by atoms with Gasteiger partial charge in [0.25, 0.3) is 0 Å². The zero-order valence-corrected chi connectivity index (χ0v) is 7.98. The van der Waals surface area contributed by atoms with E-state index in [1.54, 1.807) is 0 Å². The normalized spacial score (nSPS) is 12.9. The predicted octanol–water partition coefficient (Wildman–Crippen LogP) is 2.59. The molecule has 0 heterocycles. The molecule has 0 saturated heterocycles. The van der Waals surface area contributed by atoms with Gasteiger partial charge in [0, 0.05) is 16.6 Å². The fraction of sp³-hybridized carbons (Fsp3) is 0.333. The molecule has 0 saturated carbocycles. The summed E-state index contributed by atoms with van der Waals surface area (Å²) in [6.45, 7) is 1.85. The molecule has 0 aliphatic heterocycles. The summed E-state index contributed by atoms with van der Waals surface area (Å²) < 4.78 is 12.9. The molecular weight excluding hydrogens is 193 g/mol. The standard InChI is InChI=1S/C9H11ClFNO/c1-2-8(12)6-3-5(10)4-7(11)9(6)13/h3-4,8,13H,2,12H2,1H3/t8-/m1/s1. The molecule has 1 rings (SSSR count). The summed E-state index contributed by atoms with van der Waals surface area (Å²) in [5.41, 5.74) is 6.00. The molecule has 1 atom stereocenters. The Morgan fingerprint density at radius 2 is 2.23 bits per heavy atom. The fourth-order valence-corrected chi connectivity index (χ4v) is 1.30. The zero-order valence-electron chi connectivity index (χ0n) is 7.22. The average molecular weight is 204 g/mol. The summed E-state index contributed by atoms with van der Waals surface area (Å²) in [5.74, 6) is -1.13. The van der Waals surface area contributed by atoms with Gasteiger partial charge in [-0.05, 0) is 18.6 Å². The first-order valence-electron chi connectivity index (χ1n) is 3.99. The zero-order chi connectivity index (χ0) is 10.0. The third-order valence-corrected chi connectivity index (χ3v) is 2.12. The van der Waals surface area contributed by atoms with Gasteiger partial charge in [-0.15, -0.1) is 0 Å². The van der Waals surface area contributed by atoms with Crippen molar-refractivity contribution in [2.24, 2.45) is 5.73 Å². The second kappa shape index (κ2) is 3.94. The van der Waals surface area contributed by atoms with E-state index < -0.39 is 11.6 Å². The first-order valence-corrected chi connectivity index (χ1v) is 4.37. The maximum absolute atomic E-state index is 12.9. The first kappa shape index (κ1) is 10.3. The van der Waals surface area contributed by atoms with Crippen LogP contribution in [0.4, 0.5) is 4.39 Å². The van der Waals surface area contributed by atoms with E-state index in [2.05, 4.69) is 0 Å². The summed E-state index contributed by atoms with van der Waals surface area (Å²) in [7, 11) is 0. The van der Waals surface area contributed by atoms with Crippen molar-refractivity contribution in [1.29, 1.82) is 0 Å². The van der Waals surface area contributed by atoms with Gasteiger partial charge in [-0.2, -0.15) is 0 Å². The van der Waals surface area contributed by atoms with Gasteiger partial charge in [-0.3, -0.25) is 0 Å². The highest BCUT2D eigenvalue weighted by Gasteiger charge is 2.13. The summed E-state index contributed by atoms with van der Waals surface area (Å²) >= 11 is 5.62. The van der Waals surface area contributed by atoms with Crippen LogP contribution in [-0.2, 0) is 0 Å². The van der Waals surface area contributed by atoms with Crippen molar-refractivity contribution in [3.05, 3.63) is 28.5 Å². The summed E-state index contributed by atoms with van der Waals surface area (Å²) in [5, 5.41) is 9.55. The lowest BCUT2D eigenvalue weighted by Gasteiger charge is -2.11. The number of hydrogen-bond acceptors (Lipinski definition) is 2. The maximum Gasteiger partial charge on any atom is 0.166 e. The lowest BCUT2D eigenvalue weighted by molar-refractivity contribution is 0.419. The van der Waals surface area contributed by atoms with Crippen LogP contribution in [-0.4, -0.2) is 5.11 Å². The van der Waals surface area contributed by atoms with Gasteiger partial charge in [0.1, 0.15) is 0 Å². The quantitative estimate of drug-likeness (QED) is 0.776. The largest absolute Gasteiger partial charge is 0.505 e. The number of phenols is 1. The Morgan fingerprint density at radius 3 is 2.77 bits per heavy atom. The maximum atomic E-state index is 12.9. The van der Waals surface area contributed by atoms with E-state index in [-0.39, 0.29) is 11.1 Å². The van der Waals surface area contributed by atoms with Crippen molar-refractivity contribution in [1.82, 2.24) is 0 Å². The van der Waals surface area contributed by atoms with Crippen LogP contribution >= 0.6 is 11.6 Å². The van der Waals surface area contributed by atoms with Gasteiger partial charge in [-0.25, -0.2) is 4.39 Å². The summed E-state index contributed by atoms with van der Waals surface area (Å²) in [6.07, 6.45) is 0.618. The van der Waals surface area contributed by atoms with E-state index >= 15 is 0 Å². The molecule has 0 spiro atoms. The van der Waals surface area contributed by atoms with Gasteiger partial charge >= 0.3 is 0 Å². The lowest BCUT2D eigenvalue weighted by Crippen LogP contribution is -2.09. The number of nitrogens with two attached hydrogens (primary N) is 1. The van der Waals surface area contributed by atoms with Crippen LogP contribution in [0.2, 0.25) is 5.02 Å². The molecule has 0 aliphatic carbocycles. The molecular formula is C9H11ClFNO. The molecule has 0 aliphatic rings. The minimum absolute atomic E-state index is 0.245. The molecule has 3 N–H and O–H groups in total. The van der Waals surface area contributed by atoms with E-state index in [1.165, 1.54) is 6.07 Å². The number of phenolic OH excluding ortho intramolecular Hbond substituents is 1. The Bertz CT molecular complexity index is 317. The predicted molar refractivity (Wildman–Crippen MR) is 50.3 cm³/mol. The number of aromatic hydroxyl groups is 1. The van der Waals surface area contributed by atoms with Crippen LogP contribution in [0.1, 0.15) is 24.9 Å². The molecule has 4 heteroatoms. The molecule has 2 nitrogen and oxygen atoms in total. The number of halogens is 2. The second-order valence-corrected chi connectivity index (χ2v) is 3.28. The molecule has 0 unspecified atom stereocenters. The molecule has 1 aromatic carbocycles. The van der Waals surface area contributed by atoms with Crippen molar-refractivity contribution in [3.8, 4) is 5.75 Å². The Morgan fingerprint density at radius 1 is 1.62 bits per heavy atom. The first-order chi connectivity index (χ1) is 6.06. The van der Waals surface area contributed by atoms with Crippen LogP contribution < -0.4 is 5.73 Å². The minimum Gasteiger partial charge on any atom is -0.505 e. The average Bonchev–Trinajstić information content (AvgIpc) is 2.10. The highest BCUT2D eigenvalue weighted by atomic mass is 35.5. The third kappa shape index (κ3) is 2.11. The van der Waals surface area contributed by atoms with Gasteiger partial charge in [0.05, 0.1) is 0 Å². The van der Waals surface area contributed by atoms with Crippen molar-refractivity contribution in [2.75, 3.05) is 0 Å². The Kier molecular flexibility index (Phi) is 3.12.